The van der Waals surface area contributed by atoms with Crippen molar-refractivity contribution in [1.29, 1.82) is 0 Å². The van der Waals surface area contributed by atoms with Crippen LogP contribution in [0.5, 0.6) is 0 Å². The molecule has 0 aliphatic heterocycles. The summed E-state index contributed by atoms with van der Waals surface area (Å²) in [6.45, 7) is 1.92. The fraction of sp³-hybridized carbons (Fsp3) is 0.0625. The minimum atomic E-state index is -0.286. The van der Waals surface area contributed by atoms with Crippen LogP contribution in [-0.4, -0.2) is 15.9 Å². The summed E-state index contributed by atoms with van der Waals surface area (Å²) in [7, 11) is 0. The molecule has 0 saturated heterocycles. The maximum Gasteiger partial charge on any atom is 0.274 e. The van der Waals surface area contributed by atoms with Crippen LogP contribution in [0.2, 0.25) is 0 Å². The molecule has 21 heavy (non-hydrogen) atoms. The number of nitrogens with two attached hydrogens (primary N) is 1. The van der Waals surface area contributed by atoms with E-state index < -0.39 is 0 Å². The quantitative estimate of drug-likeness (QED) is 0.755. The van der Waals surface area contributed by atoms with Crippen molar-refractivity contribution in [2.45, 2.75) is 6.92 Å². The van der Waals surface area contributed by atoms with Crippen molar-refractivity contribution in [2.24, 2.45) is 0 Å². The molecular weight excluding hydrogens is 264 g/mol. The van der Waals surface area contributed by atoms with Crippen molar-refractivity contribution in [3.05, 3.63) is 60.0 Å². The summed E-state index contributed by atoms with van der Waals surface area (Å²) in [5.41, 5.74) is 8.73. The van der Waals surface area contributed by atoms with Gasteiger partial charge in [0.1, 0.15) is 5.69 Å². The number of aromatic nitrogens is 2. The van der Waals surface area contributed by atoms with Gasteiger partial charge in [-0.15, -0.1) is 0 Å². The van der Waals surface area contributed by atoms with Crippen molar-refractivity contribution in [1.82, 2.24) is 9.97 Å². The van der Waals surface area contributed by atoms with Gasteiger partial charge in [0.15, 0.2) is 0 Å². The maximum atomic E-state index is 12.2. The Hall–Kier alpha value is -2.95. The van der Waals surface area contributed by atoms with E-state index in [-0.39, 0.29) is 5.91 Å². The molecule has 1 amide bonds. The van der Waals surface area contributed by atoms with Gasteiger partial charge in [-0.05, 0) is 31.2 Å². The van der Waals surface area contributed by atoms with Crippen molar-refractivity contribution in [3.8, 4) is 0 Å². The molecule has 0 atom stereocenters. The lowest BCUT2D eigenvalue weighted by molar-refractivity contribution is 0.102. The van der Waals surface area contributed by atoms with E-state index in [0.29, 0.717) is 17.1 Å². The van der Waals surface area contributed by atoms with Gasteiger partial charge in [-0.1, -0.05) is 18.2 Å². The molecule has 104 valence electrons. The zero-order valence-corrected chi connectivity index (χ0v) is 11.5. The lowest BCUT2D eigenvalue weighted by Gasteiger charge is -2.08. The van der Waals surface area contributed by atoms with Gasteiger partial charge >= 0.3 is 0 Å². The second-order valence-corrected chi connectivity index (χ2v) is 4.76. The number of nitrogen functional groups attached to an aromatic ring is 1. The second-order valence-electron chi connectivity index (χ2n) is 4.76. The highest BCUT2D eigenvalue weighted by atomic mass is 16.1. The van der Waals surface area contributed by atoms with Crippen molar-refractivity contribution in [2.75, 3.05) is 11.1 Å². The van der Waals surface area contributed by atoms with Crippen LogP contribution < -0.4 is 11.1 Å². The zero-order chi connectivity index (χ0) is 14.8. The lowest BCUT2D eigenvalue weighted by atomic mass is 10.1. The molecule has 1 aromatic carbocycles. The van der Waals surface area contributed by atoms with Crippen molar-refractivity contribution >= 4 is 28.2 Å². The van der Waals surface area contributed by atoms with Crippen LogP contribution in [0, 0.1) is 6.92 Å². The number of benzene rings is 1. The van der Waals surface area contributed by atoms with Gasteiger partial charge < -0.3 is 11.1 Å². The first kappa shape index (κ1) is 13.1. The first-order valence-corrected chi connectivity index (χ1v) is 6.53. The standard InChI is InChI=1S/C16H14N4O/c1-10-5-6-11-3-2-4-13(15(11)19-10)20-16(21)14-8-7-12(17)9-18-14/h2-9H,17H2,1H3,(H,20,21). The lowest BCUT2D eigenvalue weighted by Crippen LogP contribution is -2.14. The van der Waals surface area contributed by atoms with E-state index in [1.165, 1.54) is 6.20 Å². The van der Waals surface area contributed by atoms with E-state index in [4.69, 9.17) is 5.73 Å². The van der Waals surface area contributed by atoms with E-state index in [2.05, 4.69) is 15.3 Å². The second kappa shape index (κ2) is 5.20. The normalized spacial score (nSPS) is 10.5. The van der Waals surface area contributed by atoms with Crippen LogP contribution in [-0.2, 0) is 0 Å². The first-order chi connectivity index (χ1) is 10.1. The summed E-state index contributed by atoms with van der Waals surface area (Å²) >= 11 is 0. The number of pyridine rings is 2. The molecule has 2 heterocycles. The largest absolute Gasteiger partial charge is 0.397 e. The van der Waals surface area contributed by atoms with Crippen LogP contribution >= 0.6 is 0 Å². The predicted octanol–water partition coefficient (Wildman–Crippen LogP) is 2.77. The van der Waals surface area contributed by atoms with Gasteiger partial charge in [0, 0.05) is 11.1 Å². The molecule has 0 unspecified atom stereocenters. The fourth-order valence-electron chi connectivity index (χ4n) is 2.07. The number of amides is 1. The Morgan fingerprint density at radius 2 is 2.00 bits per heavy atom. The topological polar surface area (TPSA) is 80.9 Å². The van der Waals surface area contributed by atoms with Gasteiger partial charge in [-0.3, -0.25) is 9.78 Å². The molecule has 0 radical (unpaired) electrons. The number of fused-ring (bicyclic) bond motifs is 1. The van der Waals surface area contributed by atoms with Crippen LogP contribution in [0.4, 0.5) is 11.4 Å². The Bertz CT molecular complexity index is 812. The number of nitrogens with zero attached hydrogens (tertiary/aromatic N) is 2. The number of hydrogen-bond acceptors (Lipinski definition) is 4. The van der Waals surface area contributed by atoms with E-state index in [1.54, 1.807) is 12.1 Å². The average molecular weight is 278 g/mol. The molecule has 3 aromatic rings. The number of aryl methyl sites for hydroxylation is 1. The van der Waals surface area contributed by atoms with Crippen LogP contribution in [0.25, 0.3) is 10.9 Å². The van der Waals surface area contributed by atoms with Gasteiger partial charge in [0.05, 0.1) is 23.1 Å². The number of anilines is 2. The molecule has 3 rings (SSSR count). The monoisotopic (exact) mass is 278 g/mol. The number of hydrogen-bond donors (Lipinski definition) is 2. The molecule has 2 aromatic heterocycles. The Labute approximate surface area is 121 Å². The molecule has 0 bridgehead atoms. The smallest absolute Gasteiger partial charge is 0.274 e. The summed E-state index contributed by atoms with van der Waals surface area (Å²) in [4.78, 5) is 20.7. The highest BCUT2D eigenvalue weighted by molar-refractivity contribution is 6.07. The summed E-state index contributed by atoms with van der Waals surface area (Å²) in [6, 6.07) is 12.8. The van der Waals surface area contributed by atoms with Crippen molar-refractivity contribution in [3.63, 3.8) is 0 Å². The minimum absolute atomic E-state index is 0.286. The van der Waals surface area contributed by atoms with Crippen LogP contribution in [0.1, 0.15) is 16.2 Å². The summed E-state index contributed by atoms with van der Waals surface area (Å²) in [6.07, 6.45) is 1.46. The molecule has 3 N–H and O–H groups in total. The molecule has 0 spiro atoms. The fourth-order valence-corrected chi connectivity index (χ4v) is 2.07. The third kappa shape index (κ3) is 2.67. The summed E-state index contributed by atoms with van der Waals surface area (Å²) in [5, 5.41) is 3.82. The van der Waals surface area contributed by atoms with E-state index >= 15 is 0 Å². The molecule has 0 aliphatic carbocycles. The number of carbonyl (C=O) groups is 1. The molecule has 5 nitrogen and oxygen atoms in total. The van der Waals surface area contributed by atoms with Crippen molar-refractivity contribution < 1.29 is 4.79 Å². The van der Waals surface area contributed by atoms with Gasteiger partial charge in [-0.25, -0.2) is 4.98 Å². The highest BCUT2D eigenvalue weighted by Crippen LogP contribution is 2.22. The highest BCUT2D eigenvalue weighted by Gasteiger charge is 2.10. The zero-order valence-electron chi connectivity index (χ0n) is 11.5. The van der Waals surface area contributed by atoms with E-state index in [0.717, 1.165) is 16.6 Å². The number of carbonyl (C=O) groups excluding carboxylic acids is 1. The van der Waals surface area contributed by atoms with Crippen LogP contribution in [0.3, 0.4) is 0 Å². The van der Waals surface area contributed by atoms with E-state index in [9.17, 15) is 4.79 Å². The van der Waals surface area contributed by atoms with Gasteiger partial charge in [-0.2, -0.15) is 0 Å². The molecule has 0 aliphatic rings. The predicted molar refractivity (Wildman–Crippen MR) is 83.1 cm³/mol. The third-order valence-corrected chi connectivity index (χ3v) is 3.13. The van der Waals surface area contributed by atoms with Gasteiger partial charge in [0.2, 0.25) is 0 Å². The number of para-hydroxylation sites is 1. The Kier molecular flexibility index (Phi) is 3.23. The Balaban J connectivity index is 1.96. The van der Waals surface area contributed by atoms with Crippen LogP contribution in [0.15, 0.2) is 48.7 Å². The summed E-state index contributed by atoms with van der Waals surface area (Å²) < 4.78 is 0. The first-order valence-electron chi connectivity index (χ1n) is 6.53. The number of rotatable bonds is 2. The molecule has 5 heteroatoms. The summed E-state index contributed by atoms with van der Waals surface area (Å²) in [5.74, 6) is -0.286. The molecular formula is C16H14N4O. The Morgan fingerprint density at radius 1 is 1.14 bits per heavy atom. The average Bonchev–Trinajstić information content (AvgIpc) is 2.48. The third-order valence-electron chi connectivity index (χ3n) is 3.13. The Morgan fingerprint density at radius 3 is 2.76 bits per heavy atom. The SMILES string of the molecule is Cc1ccc2cccc(NC(=O)c3ccc(N)cn3)c2n1. The van der Waals surface area contributed by atoms with E-state index in [1.807, 2.05) is 37.3 Å². The van der Waals surface area contributed by atoms with Gasteiger partial charge in [0.25, 0.3) is 5.91 Å². The number of nitrogens with one attached hydrogen (secondary N) is 1. The minimum Gasteiger partial charge on any atom is -0.397 e. The molecule has 0 fully saturated rings. The molecule has 0 saturated carbocycles. The maximum absolute atomic E-state index is 12.2.